The van der Waals surface area contributed by atoms with E-state index in [4.69, 9.17) is 29.7 Å². The van der Waals surface area contributed by atoms with Crippen LogP contribution in [0.4, 0.5) is 28.4 Å². The van der Waals surface area contributed by atoms with Crippen molar-refractivity contribution in [2.45, 2.75) is 26.5 Å². The topological polar surface area (TPSA) is 378 Å². The number of fused-ring (bicyclic) bond motifs is 1. The maximum Gasteiger partial charge on any atom is 0.397 e. The SMILES string of the molecule is COc1cc(S(=O)(=O)CCOSOOO)c(C)cc1/N=N/c1c(SOOO)cc2cc(S(=O)(=O)O)c(/N=N/c3ccc(S(=O)(=O)CCOS(=O)(=O)O)cc3)c(N)c2c1O. The molecule has 7 N–H and O–H groups in total. The molecule has 0 spiro atoms. The average Bonchev–Trinajstić information content (AvgIpc) is 3.15. The number of methoxy groups -OCH3 is 1. The molecule has 31 heteroatoms. The van der Waals surface area contributed by atoms with Crippen LogP contribution in [-0.4, -0.2) is 90.2 Å². The highest BCUT2D eigenvalue weighted by atomic mass is 32.3. The fourth-order valence-electron chi connectivity index (χ4n) is 4.87. The number of hydrogen-bond acceptors (Lipinski definition) is 25. The van der Waals surface area contributed by atoms with E-state index in [1.54, 1.807) is 0 Å². The lowest BCUT2D eigenvalue weighted by molar-refractivity contribution is -0.434. The molecule has 0 fully saturated rings. The quantitative estimate of drug-likeness (QED) is 0.0117. The van der Waals surface area contributed by atoms with Crippen molar-refractivity contribution < 1.29 is 90.2 Å². The number of nitrogens with two attached hydrogens (primary N) is 1. The van der Waals surface area contributed by atoms with Crippen molar-refractivity contribution in [2.24, 2.45) is 20.5 Å². The summed E-state index contributed by atoms with van der Waals surface area (Å²) in [7, 11) is -16.9. The Hall–Kier alpha value is -4.16. The molecule has 0 aliphatic rings. The van der Waals surface area contributed by atoms with Crippen molar-refractivity contribution in [3.63, 3.8) is 0 Å². The minimum atomic E-state index is -5.13. The third kappa shape index (κ3) is 12.4. The number of nitrogens with zero attached hydrogens (tertiary/aromatic N) is 4. The lowest BCUT2D eigenvalue weighted by Gasteiger charge is -2.14. The summed E-state index contributed by atoms with van der Waals surface area (Å²) < 4.78 is 139. The highest BCUT2D eigenvalue weighted by Crippen LogP contribution is 2.50. The maximum atomic E-state index is 13.0. The first-order valence-corrected chi connectivity index (χ1v) is 22.9. The van der Waals surface area contributed by atoms with E-state index in [9.17, 15) is 43.3 Å². The molecule has 59 heavy (non-hydrogen) atoms. The number of rotatable bonds is 21. The number of nitrogen functional groups attached to an aromatic ring is 1. The second kappa shape index (κ2) is 19.9. The molecule has 0 atom stereocenters. The van der Waals surface area contributed by atoms with Crippen molar-refractivity contribution in [3.05, 3.63) is 54.1 Å². The number of benzene rings is 4. The van der Waals surface area contributed by atoms with Crippen LogP contribution in [0.5, 0.6) is 11.5 Å². The van der Waals surface area contributed by atoms with E-state index < -0.39 is 86.0 Å². The predicted octanol–water partition coefficient (Wildman–Crippen LogP) is 5.32. The Kier molecular flexibility index (Phi) is 16.1. The molecule has 4 aromatic rings. The van der Waals surface area contributed by atoms with Gasteiger partial charge in [-0.15, -0.1) is 24.0 Å². The minimum absolute atomic E-state index is 0.0616. The van der Waals surface area contributed by atoms with E-state index >= 15 is 0 Å². The van der Waals surface area contributed by atoms with E-state index in [0.29, 0.717) is 0 Å². The molecule has 0 unspecified atom stereocenters. The van der Waals surface area contributed by atoms with Crippen LogP contribution in [0.2, 0.25) is 0 Å². The van der Waals surface area contributed by atoms with Gasteiger partial charge in [0, 0.05) is 6.07 Å². The summed E-state index contributed by atoms with van der Waals surface area (Å²) in [5.41, 5.74) is 4.64. The van der Waals surface area contributed by atoms with Crippen LogP contribution in [0.15, 0.2) is 88.6 Å². The Labute approximate surface area is 342 Å². The summed E-state index contributed by atoms with van der Waals surface area (Å²) in [5.74, 6) is -2.25. The molecule has 0 saturated carbocycles. The van der Waals surface area contributed by atoms with Crippen molar-refractivity contribution in [1.29, 1.82) is 0 Å². The maximum absolute atomic E-state index is 13.0. The normalized spacial score (nSPS) is 12.9. The highest BCUT2D eigenvalue weighted by molar-refractivity contribution is 7.94. The molecule has 0 saturated heterocycles. The monoisotopic (exact) mass is 947 g/mol. The molecular weight excluding hydrogens is 919 g/mol. The molecule has 25 nitrogen and oxygen atoms in total. The van der Waals surface area contributed by atoms with E-state index in [2.05, 4.69) is 43.4 Å². The number of azo groups is 2. The number of anilines is 1. The van der Waals surface area contributed by atoms with Gasteiger partial charge in [0.2, 0.25) is 0 Å². The van der Waals surface area contributed by atoms with Crippen LogP contribution >= 0.6 is 24.4 Å². The zero-order chi connectivity index (χ0) is 43.8. The Balaban J connectivity index is 1.78. The number of hydrogen-bond donors (Lipinski definition) is 6. The van der Waals surface area contributed by atoms with Crippen LogP contribution in [0.3, 0.4) is 0 Å². The zero-order valence-electron chi connectivity index (χ0n) is 29.6. The van der Waals surface area contributed by atoms with Gasteiger partial charge in [0.1, 0.15) is 27.7 Å². The first-order chi connectivity index (χ1) is 27.6. The van der Waals surface area contributed by atoms with Gasteiger partial charge in [-0.3, -0.25) is 13.3 Å². The fourth-order valence-corrected chi connectivity index (χ4v) is 9.21. The lowest BCUT2D eigenvalue weighted by Crippen LogP contribution is -2.15. The number of ether oxygens (including phenoxy) is 1. The molecule has 0 aliphatic carbocycles. The standard InChI is InChI=1S/C28H29N5O20S6/c1-15-11-19(20(47-2)14-22(15)57(39,40)9-7-48-55-53-51-36)31-32-26-21(54-52-50-35)12-16-13-23(58(41,42)43)27(25(29)24(16)28(26)34)33-30-17-3-5-18(6-4-17)56(37,38)10-8-49-59(44,45)46/h3-6,11-14,34-36H,7-10,29H2,1-2H3,(H,41,42,43)(H,44,45,46)/b32-31+,33-30+. The van der Waals surface area contributed by atoms with Crippen LogP contribution < -0.4 is 10.5 Å². The summed E-state index contributed by atoms with van der Waals surface area (Å²) in [6, 6.07) is 8.81. The first kappa shape index (κ1) is 47.5. The molecule has 0 amide bonds. The van der Waals surface area contributed by atoms with Crippen LogP contribution in [0, 0.1) is 6.92 Å². The Morgan fingerprint density at radius 2 is 1.41 bits per heavy atom. The summed E-state index contributed by atoms with van der Waals surface area (Å²) in [6.45, 7) is 0.185. The van der Waals surface area contributed by atoms with Gasteiger partial charge in [-0.25, -0.2) is 31.5 Å². The van der Waals surface area contributed by atoms with E-state index in [-0.39, 0.29) is 79.1 Å². The van der Waals surface area contributed by atoms with E-state index in [1.165, 1.54) is 20.1 Å². The Morgan fingerprint density at radius 1 is 0.763 bits per heavy atom. The second-order valence-corrected chi connectivity index (χ2v) is 19.0. The summed E-state index contributed by atoms with van der Waals surface area (Å²) in [5, 5.41) is 50.8. The van der Waals surface area contributed by atoms with Crippen LogP contribution in [0.25, 0.3) is 10.8 Å². The van der Waals surface area contributed by atoms with E-state index in [0.717, 1.165) is 42.5 Å². The van der Waals surface area contributed by atoms with Gasteiger partial charge in [-0.1, -0.05) is 10.1 Å². The molecular formula is C28H29N5O20S6. The summed E-state index contributed by atoms with van der Waals surface area (Å²) >= 11 is 0.447. The predicted molar refractivity (Wildman–Crippen MR) is 203 cm³/mol. The smallest absolute Gasteiger partial charge is 0.397 e. The van der Waals surface area contributed by atoms with Gasteiger partial charge in [0.05, 0.1) is 75.3 Å². The number of phenols is 1. The highest BCUT2D eigenvalue weighted by Gasteiger charge is 2.26. The molecule has 4 rings (SSSR count). The number of aryl methyl sites for hydroxylation is 1. The Bertz CT molecular complexity index is 2700. The summed E-state index contributed by atoms with van der Waals surface area (Å²) in [6.07, 6.45) is 0. The molecule has 0 radical (unpaired) electrons. The van der Waals surface area contributed by atoms with E-state index in [1.807, 2.05) is 0 Å². The molecule has 0 aliphatic heterocycles. The van der Waals surface area contributed by atoms with Crippen LogP contribution in [-0.2, 0) is 67.3 Å². The van der Waals surface area contributed by atoms with Gasteiger partial charge >= 0.3 is 10.4 Å². The largest absolute Gasteiger partial charge is 0.505 e. The Morgan fingerprint density at radius 3 is 2.02 bits per heavy atom. The second-order valence-electron chi connectivity index (χ2n) is 11.1. The average molecular weight is 948 g/mol. The van der Waals surface area contributed by atoms with Crippen molar-refractivity contribution in [3.8, 4) is 11.5 Å². The molecule has 0 aromatic heterocycles. The molecule has 322 valence electrons. The number of aromatic hydroxyl groups is 1. The van der Waals surface area contributed by atoms with Gasteiger partial charge in [-0.2, -0.15) is 21.9 Å². The van der Waals surface area contributed by atoms with Crippen molar-refractivity contribution >= 4 is 104 Å². The third-order valence-electron chi connectivity index (χ3n) is 7.40. The zero-order valence-corrected chi connectivity index (χ0v) is 34.5. The van der Waals surface area contributed by atoms with Gasteiger partial charge in [-0.05, 0) is 60.3 Å². The minimum Gasteiger partial charge on any atom is -0.505 e. The molecule has 4 aromatic carbocycles. The first-order valence-electron chi connectivity index (χ1n) is 15.3. The number of phenolic OH excluding ortho intramolecular Hbond substituents is 1. The van der Waals surface area contributed by atoms with Crippen molar-refractivity contribution in [2.75, 3.05) is 37.6 Å². The lowest BCUT2D eigenvalue weighted by atomic mass is 10.1. The number of sulfone groups is 2. The fraction of sp³-hybridized carbons (Fsp3) is 0.214. The van der Waals surface area contributed by atoms with Gasteiger partial charge in [0.15, 0.2) is 37.7 Å². The van der Waals surface area contributed by atoms with Gasteiger partial charge < -0.3 is 15.6 Å². The summed E-state index contributed by atoms with van der Waals surface area (Å²) in [4.78, 5) is -1.58. The third-order valence-corrected chi connectivity index (χ3v) is 13.2. The van der Waals surface area contributed by atoms with Crippen LogP contribution in [0.1, 0.15) is 5.56 Å². The molecule has 0 bridgehead atoms. The van der Waals surface area contributed by atoms with Crippen molar-refractivity contribution in [1.82, 2.24) is 0 Å². The molecule has 0 heterocycles. The van der Waals surface area contributed by atoms with Gasteiger partial charge in [0.25, 0.3) is 10.1 Å².